The summed E-state index contributed by atoms with van der Waals surface area (Å²) in [5, 5.41) is 4.07. The molecule has 0 spiro atoms. The van der Waals surface area contributed by atoms with Gasteiger partial charge >= 0.3 is 5.97 Å². The molecule has 0 amide bonds. The summed E-state index contributed by atoms with van der Waals surface area (Å²) in [4.78, 5) is 20.7. The highest BCUT2D eigenvalue weighted by atomic mass is 32.1. The minimum Gasteiger partial charge on any atom is -0.469 e. The van der Waals surface area contributed by atoms with Crippen LogP contribution in [0.2, 0.25) is 0 Å². The largest absolute Gasteiger partial charge is 0.469 e. The lowest BCUT2D eigenvalue weighted by atomic mass is 9.96. The molecule has 0 saturated carbocycles. The van der Waals surface area contributed by atoms with Crippen molar-refractivity contribution in [2.75, 3.05) is 32.6 Å². The van der Waals surface area contributed by atoms with Gasteiger partial charge < -0.3 is 24.4 Å². The number of nitrogens with zero attached hydrogens (tertiary/aromatic N) is 4. The standard InChI is InChI=1S/C26H31N5O2S/c1-17-16-21(18(2)31(17)20-11-9-19(10-12-20)29(3)4)25-24(22-8-6-7-14-27-22)28-26(34)30(25)15-13-23(32)33-5/h6-12,14,16,24-25H,13,15H2,1-5H3,(H,28,34). The molecule has 0 aliphatic carbocycles. The summed E-state index contributed by atoms with van der Waals surface area (Å²) in [5.74, 6) is -0.255. The fourth-order valence-electron chi connectivity index (χ4n) is 4.68. The summed E-state index contributed by atoms with van der Waals surface area (Å²) in [7, 11) is 5.48. The molecule has 2 aromatic heterocycles. The lowest BCUT2D eigenvalue weighted by Gasteiger charge is -2.28. The molecule has 178 valence electrons. The van der Waals surface area contributed by atoms with Crippen LogP contribution in [0.1, 0.15) is 41.1 Å². The van der Waals surface area contributed by atoms with E-state index < -0.39 is 0 Å². The Hall–Kier alpha value is -3.39. The van der Waals surface area contributed by atoms with Crippen molar-refractivity contribution in [3.05, 3.63) is 77.4 Å². The van der Waals surface area contributed by atoms with E-state index in [1.165, 1.54) is 7.11 Å². The van der Waals surface area contributed by atoms with E-state index in [1.807, 2.05) is 32.3 Å². The van der Waals surface area contributed by atoms with Gasteiger partial charge in [0, 0.05) is 49.6 Å². The third kappa shape index (κ3) is 4.50. The third-order valence-corrected chi connectivity index (χ3v) is 6.75. The number of nitrogens with one attached hydrogen (secondary N) is 1. The molecule has 1 N–H and O–H groups in total. The first-order chi connectivity index (χ1) is 16.3. The van der Waals surface area contributed by atoms with Crippen LogP contribution in [0.4, 0.5) is 5.69 Å². The normalized spacial score (nSPS) is 17.6. The summed E-state index contributed by atoms with van der Waals surface area (Å²) < 4.78 is 7.15. The van der Waals surface area contributed by atoms with Crippen LogP contribution < -0.4 is 10.2 Å². The number of methoxy groups -OCH3 is 1. The Morgan fingerprint density at radius 1 is 1.18 bits per heavy atom. The van der Waals surface area contributed by atoms with Crippen molar-refractivity contribution in [3.63, 3.8) is 0 Å². The molecule has 2 atom stereocenters. The van der Waals surface area contributed by atoms with Crippen LogP contribution in [-0.2, 0) is 9.53 Å². The number of esters is 1. The number of pyridine rings is 1. The molecule has 1 aromatic carbocycles. The number of anilines is 1. The van der Waals surface area contributed by atoms with Crippen LogP contribution in [-0.4, -0.2) is 53.3 Å². The molecule has 7 nitrogen and oxygen atoms in total. The Kier molecular flexibility index (Phi) is 6.88. The number of thiocarbonyl (C=S) groups is 1. The van der Waals surface area contributed by atoms with E-state index in [0.29, 0.717) is 11.7 Å². The van der Waals surface area contributed by atoms with Crippen LogP contribution in [0.25, 0.3) is 5.69 Å². The van der Waals surface area contributed by atoms with Crippen LogP contribution in [0.15, 0.2) is 54.7 Å². The first-order valence-electron chi connectivity index (χ1n) is 11.3. The second-order valence-corrected chi connectivity index (χ2v) is 9.11. The molecular formula is C26H31N5O2S. The van der Waals surface area contributed by atoms with E-state index in [2.05, 4.69) is 68.8 Å². The Bertz CT molecular complexity index is 1170. The van der Waals surface area contributed by atoms with Crippen molar-refractivity contribution in [1.29, 1.82) is 0 Å². The molecule has 3 aromatic rings. The zero-order valence-corrected chi connectivity index (χ0v) is 21.1. The van der Waals surface area contributed by atoms with Gasteiger partial charge in [0.05, 0.1) is 31.3 Å². The second-order valence-electron chi connectivity index (χ2n) is 8.72. The van der Waals surface area contributed by atoms with Gasteiger partial charge in [-0.25, -0.2) is 0 Å². The molecule has 3 heterocycles. The highest BCUT2D eigenvalue weighted by molar-refractivity contribution is 7.80. The van der Waals surface area contributed by atoms with E-state index in [-0.39, 0.29) is 24.5 Å². The fraction of sp³-hybridized carbons (Fsp3) is 0.346. The van der Waals surface area contributed by atoms with Crippen LogP contribution in [0.5, 0.6) is 0 Å². The van der Waals surface area contributed by atoms with Crippen molar-refractivity contribution < 1.29 is 9.53 Å². The molecule has 8 heteroatoms. The number of ether oxygens (including phenoxy) is 1. The first-order valence-corrected chi connectivity index (χ1v) is 11.7. The Morgan fingerprint density at radius 3 is 2.53 bits per heavy atom. The average Bonchev–Trinajstić information content (AvgIpc) is 3.32. The molecule has 1 aliphatic heterocycles. The predicted molar refractivity (Wildman–Crippen MR) is 138 cm³/mol. The van der Waals surface area contributed by atoms with E-state index in [4.69, 9.17) is 17.0 Å². The summed E-state index contributed by atoms with van der Waals surface area (Å²) in [5.41, 5.74) is 6.60. The SMILES string of the molecule is COC(=O)CCN1C(=S)NC(c2ccccn2)C1c1cc(C)n(-c2ccc(N(C)C)cc2)c1C. The van der Waals surface area contributed by atoms with Gasteiger partial charge in [-0.3, -0.25) is 9.78 Å². The minimum absolute atomic E-state index is 0.104. The van der Waals surface area contributed by atoms with Gasteiger partial charge in [-0.1, -0.05) is 6.07 Å². The van der Waals surface area contributed by atoms with Gasteiger partial charge in [0.2, 0.25) is 0 Å². The smallest absolute Gasteiger partial charge is 0.307 e. The number of carbonyl (C=O) groups excluding carboxylic acids is 1. The fourth-order valence-corrected chi connectivity index (χ4v) is 5.01. The highest BCUT2D eigenvalue weighted by Gasteiger charge is 2.41. The summed E-state index contributed by atoms with van der Waals surface area (Å²) >= 11 is 5.72. The molecule has 0 radical (unpaired) electrons. The number of aromatic nitrogens is 2. The van der Waals surface area contributed by atoms with Crippen molar-refractivity contribution in [3.8, 4) is 5.69 Å². The molecule has 2 unspecified atom stereocenters. The quantitative estimate of drug-likeness (QED) is 0.406. The molecule has 1 fully saturated rings. The lowest BCUT2D eigenvalue weighted by molar-refractivity contribution is -0.140. The Labute approximate surface area is 206 Å². The third-order valence-electron chi connectivity index (χ3n) is 6.40. The number of carbonyl (C=O) groups is 1. The maximum absolute atomic E-state index is 11.9. The van der Waals surface area contributed by atoms with Gasteiger partial charge in [-0.15, -0.1) is 0 Å². The van der Waals surface area contributed by atoms with E-state index in [9.17, 15) is 4.79 Å². The number of aryl methyl sites for hydroxylation is 1. The molecule has 34 heavy (non-hydrogen) atoms. The van der Waals surface area contributed by atoms with Crippen molar-refractivity contribution in [1.82, 2.24) is 19.8 Å². The van der Waals surface area contributed by atoms with Gasteiger partial charge in [-0.2, -0.15) is 0 Å². The second kappa shape index (κ2) is 9.85. The zero-order chi connectivity index (χ0) is 24.4. The predicted octanol–water partition coefficient (Wildman–Crippen LogP) is 4.09. The van der Waals surface area contributed by atoms with Gasteiger partial charge in [0.1, 0.15) is 0 Å². The molecule has 4 rings (SSSR count). The van der Waals surface area contributed by atoms with Gasteiger partial charge in [0.15, 0.2) is 5.11 Å². The highest BCUT2D eigenvalue weighted by Crippen LogP contribution is 2.41. The summed E-state index contributed by atoms with van der Waals surface area (Å²) in [6, 6.07) is 16.4. The van der Waals surface area contributed by atoms with E-state index in [0.717, 1.165) is 34.0 Å². The average molecular weight is 478 g/mol. The van der Waals surface area contributed by atoms with Crippen molar-refractivity contribution in [2.45, 2.75) is 32.4 Å². The van der Waals surface area contributed by atoms with Crippen LogP contribution >= 0.6 is 12.2 Å². The van der Waals surface area contributed by atoms with E-state index >= 15 is 0 Å². The monoisotopic (exact) mass is 477 g/mol. The number of rotatable bonds is 7. The first kappa shape index (κ1) is 23.8. The Balaban J connectivity index is 1.77. The van der Waals surface area contributed by atoms with Crippen LogP contribution in [0, 0.1) is 13.8 Å². The Morgan fingerprint density at radius 2 is 1.91 bits per heavy atom. The molecular weight excluding hydrogens is 446 g/mol. The summed E-state index contributed by atoms with van der Waals surface area (Å²) in [6.45, 7) is 4.72. The number of hydrogen-bond acceptors (Lipinski definition) is 5. The van der Waals surface area contributed by atoms with Gasteiger partial charge in [0.25, 0.3) is 0 Å². The van der Waals surface area contributed by atoms with Crippen molar-refractivity contribution >= 4 is 29.0 Å². The summed E-state index contributed by atoms with van der Waals surface area (Å²) in [6.07, 6.45) is 2.05. The van der Waals surface area contributed by atoms with Gasteiger partial charge in [-0.05, 0) is 74.1 Å². The molecule has 1 aliphatic rings. The molecule has 0 bridgehead atoms. The maximum Gasteiger partial charge on any atom is 0.307 e. The number of hydrogen-bond donors (Lipinski definition) is 1. The van der Waals surface area contributed by atoms with Crippen molar-refractivity contribution in [2.24, 2.45) is 0 Å². The minimum atomic E-state index is -0.255. The molecule has 1 saturated heterocycles. The maximum atomic E-state index is 11.9. The number of benzene rings is 1. The van der Waals surface area contributed by atoms with Crippen LogP contribution in [0.3, 0.4) is 0 Å². The topological polar surface area (TPSA) is 62.6 Å². The van der Waals surface area contributed by atoms with E-state index in [1.54, 1.807) is 6.20 Å². The zero-order valence-electron chi connectivity index (χ0n) is 20.3. The lowest BCUT2D eigenvalue weighted by Crippen LogP contribution is -2.32.